The number of Topliss-reactive ketones (excluding diaryl/α,β-unsaturated/α-hetero) is 1. The molecule has 0 bridgehead atoms. The molecule has 0 aliphatic carbocycles. The zero-order chi connectivity index (χ0) is 20.2. The number of amides is 1. The Balaban J connectivity index is 2.03. The lowest BCUT2D eigenvalue weighted by atomic mass is 9.87. The normalized spacial score (nSPS) is 16.9. The molecular formula is C20H21N3O4S. The topological polar surface area (TPSA) is 86.8 Å². The van der Waals surface area contributed by atoms with E-state index in [9.17, 15) is 18.0 Å². The number of carbonyl (C=O) groups is 2. The molecule has 0 aromatic heterocycles. The van der Waals surface area contributed by atoms with Gasteiger partial charge in [0.15, 0.2) is 0 Å². The largest absolute Gasteiger partial charge is 0.318 e. The van der Waals surface area contributed by atoms with Gasteiger partial charge >= 0.3 is 0 Å². The molecule has 0 radical (unpaired) electrons. The minimum absolute atomic E-state index is 0.186. The number of rotatable bonds is 3. The van der Waals surface area contributed by atoms with E-state index in [0.717, 1.165) is 17.7 Å². The van der Waals surface area contributed by atoms with E-state index < -0.39 is 21.7 Å². The highest BCUT2D eigenvalue weighted by Crippen LogP contribution is 2.41. The van der Waals surface area contributed by atoms with Crippen LogP contribution in [0.5, 0.6) is 0 Å². The summed E-state index contributed by atoms with van der Waals surface area (Å²) < 4.78 is 26.9. The van der Waals surface area contributed by atoms with Gasteiger partial charge in [0.1, 0.15) is 0 Å². The molecule has 8 heteroatoms. The van der Waals surface area contributed by atoms with Crippen molar-refractivity contribution >= 4 is 27.4 Å². The number of fused-ring (bicyclic) bond motifs is 3. The van der Waals surface area contributed by atoms with Crippen molar-refractivity contribution in [2.75, 3.05) is 33.0 Å². The molecule has 146 valence electrons. The molecule has 0 spiro atoms. The lowest BCUT2D eigenvalue weighted by Gasteiger charge is -2.29. The molecule has 0 atom stereocenters. The summed E-state index contributed by atoms with van der Waals surface area (Å²) in [7, 11) is 1.28. The molecule has 28 heavy (non-hydrogen) atoms. The van der Waals surface area contributed by atoms with Crippen LogP contribution in [0.1, 0.15) is 21.5 Å². The molecule has 2 aromatic carbocycles. The highest BCUT2D eigenvalue weighted by atomic mass is 32.2. The number of likely N-dealkylation sites (N-methyl/N-ethyl adjacent to an activating group) is 1. The average molecular weight is 399 g/mol. The summed E-state index contributed by atoms with van der Waals surface area (Å²) in [6, 6.07) is 8.47. The minimum Gasteiger partial charge on any atom is -0.318 e. The Bertz CT molecular complexity index is 1120. The fraction of sp³-hybridized carbons (Fsp3) is 0.300. The number of benzene rings is 2. The molecule has 0 saturated heterocycles. The summed E-state index contributed by atoms with van der Waals surface area (Å²) in [4.78, 5) is 26.7. The van der Waals surface area contributed by atoms with Crippen molar-refractivity contribution in [1.82, 2.24) is 9.21 Å². The summed E-state index contributed by atoms with van der Waals surface area (Å²) in [6.45, 7) is 1.39. The van der Waals surface area contributed by atoms with Gasteiger partial charge in [-0.15, -0.1) is 0 Å². The van der Waals surface area contributed by atoms with Crippen LogP contribution in [0.15, 0.2) is 35.2 Å². The predicted molar refractivity (Wildman–Crippen MR) is 106 cm³/mol. The van der Waals surface area contributed by atoms with E-state index in [-0.39, 0.29) is 4.90 Å². The van der Waals surface area contributed by atoms with Crippen LogP contribution in [0.4, 0.5) is 5.69 Å². The zero-order valence-corrected chi connectivity index (χ0v) is 16.8. The number of hydrogen-bond donors (Lipinski definition) is 1. The molecule has 4 rings (SSSR count). The number of carbonyl (C=O) groups excluding carboxylic acids is 2. The van der Waals surface area contributed by atoms with Crippen molar-refractivity contribution in [3.05, 3.63) is 47.0 Å². The van der Waals surface area contributed by atoms with E-state index >= 15 is 0 Å². The van der Waals surface area contributed by atoms with Gasteiger partial charge in [0.05, 0.1) is 16.1 Å². The van der Waals surface area contributed by atoms with Crippen molar-refractivity contribution in [1.29, 1.82) is 0 Å². The first-order valence-corrected chi connectivity index (χ1v) is 10.4. The molecule has 7 nitrogen and oxygen atoms in total. The second-order valence-corrected chi connectivity index (χ2v) is 9.48. The third kappa shape index (κ3) is 2.76. The summed E-state index contributed by atoms with van der Waals surface area (Å²) in [6.07, 6.45) is 0.703. The Morgan fingerprint density at radius 3 is 2.46 bits per heavy atom. The van der Waals surface area contributed by atoms with Gasteiger partial charge in [-0.3, -0.25) is 9.59 Å². The standard InChI is InChI=1S/C20H21N3O4S/c1-22(2)28(26,27)17-7-5-4-6-13(17)14-10-15-18(21-20(25)19(15)24)16-11-23(3)9-8-12(14)16/h4-7,10H,8-9,11H2,1-3H3,(H,21,24,25). The molecule has 1 amide bonds. The van der Waals surface area contributed by atoms with E-state index in [1.54, 1.807) is 30.3 Å². The number of ketones is 1. The maximum absolute atomic E-state index is 12.9. The number of sulfonamides is 1. The van der Waals surface area contributed by atoms with Crippen LogP contribution in [0.3, 0.4) is 0 Å². The van der Waals surface area contributed by atoms with E-state index in [4.69, 9.17) is 0 Å². The second-order valence-electron chi connectivity index (χ2n) is 7.36. The maximum Gasteiger partial charge on any atom is 0.296 e. The molecule has 1 N–H and O–H groups in total. The highest BCUT2D eigenvalue weighted by molar-refractivity contribution is 7.89. The van der Waals surface area contributed by atoms with E-state index in [0.29, 0.717) is 35.3 Å². The Kier molecular flexibility index (Phi) is 4.37. The van der Waals surface area contributed by atoms with Crippen LogP contribution < -0.4 is 5.32 Å². The van der Waals surface area contributed by atoms with Gasteiger partial charge in [-0.1, -0.05) is 18.2 Å². The number of hydrogen-bond acceptors (Lipinski definition) is 5. The average Bonchev–Trinajstić information content (AvgIpc) is 2.95. The molecule has 2 aliphatic heterocycles. The smallest absolute Gasteiger partial charge is 0.296 e. The quantitative estimate of drug-likeness (QED) is 0.795. The third-order valence-corrected chi connectivity index (χ3v) is 7.22. The monoisotopic (exact) mass is 399 g/mol. The molecule has 2 aromatic rings. The van der Waals surface area contributed by atoms with Gasteiger partial charge in [-0.05, 0) is 42.3 Å². The molecule has 0 saturated carbocycles. The van der Waals surface area contributed by atoms with Crippen molar-refractivity contribution in [3.8, 4) is 11.1 Å². The number of nitrogens with one attached hydrogen (secondary N) is 1. The first-order chi connectivity index (χ1) is 13.2. The van der Waals surface area contributed by atoms with E-state index in [1.807, 2.05) is 7.05 Å². The van der Waals surface area contributed by atoms with E-state index in [1.165, 1.54) is 18.4 Å². The number of nitrogens with zero attached hydrogens (tertiary/aromatic N) is 2. The Morgan fingerprint density at radius 2 is 1.75 bits per heavy atom. The van der Waals surface area contributed by atoms with Crippen LogP contribution in [0.2, 0.25) is 0 Å². The summed E-state index contributed by atoms with van der Waals surface area (Å²) in [5.41, 5.74) is 3.99. The predicted octanol–water partition coefficient (Wildman–Crippen LogP) is 1.73. The van der Waals surface area contributed by atoms with Crippen LogP contribution in [-0.4, -0.2) is 57.0 Å². The fourth-order valence-corrected chi connectivity index (χ4v) is 4.96. The molecule has 0 unspecified atom stereocenters. The molecule has 2 aliphatic rings. The van der Waals surface area contributed by atoms with Crippen molar-refractivity contribution < 1.29 is 18.0 Å². The maximum atomic E-state index is 12.9. The van der Waals surface area contributed by atoms with Crippen LogP contribution in [0.25, 0.3) is 11.1 Å². The first-order valence-electron chi connectivity index (χ1n) is 8.96. The molecular weight excluding hydrogens is 378 g/mol. The van der Waals surface area contributed by atoms with Gasteiger partial charge in [0.2, 0.25) is 10.0 Å². The van der Waals surface area contributed by atoms with Crippen molar-refractivity contribution in [2.45, 2.75) is 17.9 Å². The molecule has 2 heterocycles. The van der Waals surface area contributed by atoms with Crippen LogP contribution >= 0.6 is 0 Å². The lowest BCUT2D eigenvalue weighted by molar-refractivity contribution is -0.112. The van der Waals surface area contributed by atoms with Gasteiger partial charge < -0.3 is 10.2 Å². The van der Waals surface area contributed by atoms with E-state index in [2.05, 4.69) is 10.2 Å². The number of anilines is 1. The fourth-order valence-electron chi connectivity index (χ4n) is 3.86. The van der Waals surface area contributed by atoms with Gasteiger partial charge in [0.25, 0.3) is 11.7 Å². The Morgan fingerprint density at radius 1 is 1.04 bits per heavy atom. The zero-order valence-electron chi connectivity index (χ0n) is 15.9. The van der Waals surface area contributed by atoms with Crippen molar-refractivity contribution in [2.24, 2.45) is 0 Å². The highest BCUT2D eigenvalue weighted by Gasteiger charge is 2.35. The summed E-state index contributed by atoms with van der Waals surface area (Å²) in [5, 5.41) is 2.70. The molecule has 0 fully saturated rings. The minimum atomic E-state index is -3.68. The Hall–Kier alpha value is -2.55. The first kappa shape index (κ1) is 18.8. The third-order valence-electron chi connectivity index (χ3n) is 5.35. The lowest BCUT2D eigenvalue weighted by Crippen LogP contribution is -2.28. The van der Waals surface area contributed by atoms with Gasteiger partial charge in [-0.2, -0.15) is 0 Å². The van der Waals surface area contributed by atoms with Gasteiger partial charge in [-0.25, -0.2) is 12.7 Å². The van der Waals surface area contributed by atoms with Crippen LogP contribution in [-0.2, 0) is 27.8 Å². The SMILES string of the molecule is CN1CCc2c(-c3ccccc3S(=O)(=O)N(C)C)cc3c(c2C1)NC(=O)C3=O. The summed E-state index contributed by atoms with van der Waals surface area (Å²) in [5.74, 6) is -1.23. The van der Waals surface area contributed by atoms with Crippen molar-refractivity contribution in [3.63, 3.8) is 0 Å². The Labute approximate surface area is 164 Å². The van der Waals surface area contributed by atoms with Crippen LogP contribution in [0, 0.1) is 0 Å². The van der Waals surface area contributed by atoms with Gasteiger partial charge in [0, 0.05) is 32.7 Å². The second kappa shape index (κ2) is 6.51. The summed E-state index contributed by atoms with van der Waals surface area (Å²) >= 11 is 0.